The van der Waals surface area contributed by atoms with Crippen LogP contribution in [-0.2, 0) is 6.42 Å². The summed E-state index contributed by atoms with van der Waals surface area (Å²) in [6.45, 7) is 7.56. The molecule has 0 aliphatic heterocycles. The van der Waals surface area contributed by atoms with Crippen LogP contribution in [0, 0.1) is 13.8 Å². The van der Waals surface area contributed by atoms with Crippen LogP contribution >= 0.6 is 0 Å². The number of hydrogen-bond donors (Lipinski definition) is 1. The molecule has 0 aliphatic rings. The minimum Gasteiger partial charge on any atom is -0.468 e. The average Bonchev–Trinajstić information content (AvgIpc) is 2.55. The first-order chi connectivity index (χ1) is 11.3. The molecule has 0 spiro atoms. The molecule has 0 aromatic carbocycles. The zero-order valence-corrected chi connectivity index (χ0v) is 16.0. The Labute approximate surface area is 146 Å². The van der Waals surface area contributed by atoms with Gasteiger partial charge in [-0.15, -0.1) is 0 Å². The van der Waals surface area contributed by atoms with Crippen molar-refractivity contribution >= 4 is 0 Å². The first kappa shape index (κ1) is 20.8. The van der Waals surface area contributed by atoms with Crippen molar-refractivity contribution in [2.24, 2.45) is 0 Å². The SMILES string of the molecule is CCCCCCCC[C@](C)(O)CCc1oc(OC)c(C)c(=O)c1C. The van der Waals surface area contributed by atoms with E-state index in [0.717, 1.165) is 12.8 Å². The van der Waals surface area contributed by atoms with E-state index in [4.69, 9.17) is 9.15 Å². The summed E-state index contributed by atoms with van der Waals surface area (Å²) in [7, 11) is 1.50. The molecule has 1 aromatic heterocycles. The predicted molar refractivity (Wildman–Crippen MR) is 97.9 cm³/mol. The topological polar surface area (TPSA) is 59.7 Å². The Bertz CT molecular complexity index is 557. The van der Waals surface area contributed by atoms with Crippen LogP contribution in [0.1, 0.15) is 82.1 Å². The van der Waals surface area contributed by atoms with Gasteiger partial charge in [-0.2, -0.15) is 0 Å². The summed E-state index contributed by atoms with van der Waals surface area (Å²) < 4.78 is 10.8. The van der Waals surface area contributed by atoms with E-state index in [-0.39, 0.29) is 11.4 Å². The quantitative estimate of drug-likeness (QED) is 0.594. The first-order valence-electron chi connectivity index (χ1n) is 9.22. The Morgan fingerprint density at radius 3 is 2.29 bits per heavy atom. The Kier molecular flexibility index (Phi) is 8.54. The van der Waals surface area contributed by atoms with Crippen molar-refractivity contribution in [3.8, 4) is 5.95 Å². The maximum atomic E-state index is 12.2. The number of aliphatic hydroxyl groups is 1. The maximum absolute atomic E-state index is 12.2. The van der Waals surface area contributed by atoms with Gasteiger partial charge in [0.1, 0.15) is 5.76 Å². The van der Waals surface area contributed by atoms with E-state index in [1.54, 1.807) is 13.8 Å². The van der Waals surface area contributed by atoms with E-state index in [1.165, 1.54) is 39.2 Å². The van der Waals surface area contributed by atoms with Crippen LogP contribution in [-0.4, -0.2) is 17.8 Å². The molecule has 24 heavy (non-hydrogen) atoms. The van der Waals surface area contributed by atoms with Crippen molar-refractivity contribution in [3.05, 3.63) is 27.1 Å². The van der Waals surface area contributed by atoms with Crippen molar-refractivity contribution in [2.75, 3.05) is 7.11 Å². The van der Waals surface area contributed by atoms with Gasteiger partial charge in [-0.05, 0) is 33.6 Å². The van der Waals surface area contributed by atoms with Gasteiger partial charge in [-0.1, -0.05) is 45.4 Å². The number of hydrogen-bond acceptors (Lipinski definition) is 4. The van der Waals surface area contributed by atoms with Gasteiger partial charge in [0.05, 0.1) is 18.3 Å². The van der Waals surface area contributed by atoms with Gasteiger partial charge in [0.2, 0.25) is 0 Å². The van der Waals surface area contributed by atoms with Crippen LogP contribution in [0.4, 0.5) is 0 Å². The second-order valence-corrected chi connectivity index (χ2v) is 7.11. The van der Waals surface area contributed by atoms with E-state index in [9.17, 15) is 9.90 Å². The number of unbranched alkanes of at least 4 members (excludes halogenated alkanes) is 5. The van der Waals surface area contributed by atoms with Gasteiger partial charge in [-0.3, -0.25) is 4.79 Å². The smallest absolute Gasteiger partial charge is 0.291 e. The highest BCUT2D eigenvalue weighted by Crippen LogP contribution is 2.25. The molecule has 0 radical (unpaired) electrons. The predicted octanol–water partition coefficient (Wildman–Crippen LogP) is 4.70. The van der Waals surface area contributed by atoms with Crippen molar-refractivity contribution in [3.63, 3.8) is 0 Å². The van der Waals surface area contributed by atoms with E-state index in [2.05, 4.69) is 6.92 Å². The molecular formula is C20H34O4. The molecule has 138 valence electrons. The van der Waals surface area contributed by atoms with Gasteiger partial charge >= 0.3 is 0 Å². The van der Waals surface area contributed by atoms with Crippen molar-refractivity contribution in [2.45, 2.75) is 91.1 Å². The number of ether oxygens (including phenoxy) is 1. The summed E-state index contributed by atoms with van der Waals surface area (Å²) >= 11 is 0. The fourth-order valence-corrected chi connectivity index (χ4v) is 2.99. The van der Waals surface area contributed by atoms with Gasteiger partial charge in [-0.25, -0.2) is 0 Å². The van der Waals surface area contributed by atoms with Gasteiger partial charge in [0.15, 0.2) is 5.43 Å². The first-order valence-corrected chi connectivity index (χ1v) is 9.22. The second kappa shape index (κ2) is 9.87. The van der Waals surface area contributed by atoms with Crippen LogP contribution in [0.15, 0.2) is 9.21 Å². The largest absolute Gasteiger partial charge is 0.468 e. The lowest BCUT2D eigenvalue weighted by molar-refractivity contribution is 0.0378. The van der Waals surface area contributed by atoms with E-state index in [0.29, 0.717) is 29.7 Å². The lowest BCUT2D eigenvalue weighted by Gasteiger charge is -2.23. The highest BCUT2D eigenvalue weighted by atomic mass is 16.6. The van der Waals surface area contributed by atoms with E-state index >= 15 is 0 Å². The Morgan fingerprint density at radius 2 is 1.67 bits per heavy atom. The molecule has 0 bridgehead atoms. The maximum Gasteiger partial charge on any atom is 0.291 e. The number of methoxy groups -OCH3 is 1. The van der Waals surface area contributed by atoms with E-state index < -0.39 is 5.60 Å². The molecule has 0 unspecified atom stereocenters. The summed E-state index contributed by atoms with van der Waals surface area (Å²) in [5.41, 5.74) is 0.346. The van der Waals surface area contributed by atoms with Crippen molar-refractivity contribution in [1.82, 2.24) is 0 Å². The molecule has 4 heteroatoms. The zero-order valence-electron chi connectivity index (χ0n) is 16.0. The fourth-order valence-electron chi connectivity index (χ4n) is 2.99. The summed E-state index contributed by atoms with van der Waals surface area (Å²) in [5.74, 6) is 0.891. The summed E-state index contributed by atoms with van der Waals surface area (Å²) in [5, 5.41) is 10.6. The van der Waals surface area contributed by atoms with Gasteiger partial charge in [0.25, 0.3) is 5.95 Å². The summed E-state index contributed by atoms with van der Waals surface area (Å²) in [6.07, 6.45) is 9.19. The Balaban J connectivity index is 2.55. The number of aryl methyl sites for hydroxylation is 1. The zero-order chi connectivity index (χ0) is 18.2. The third-order valence-electron chi connectivity index (χ3n) is 4.77. The van der Waals surface area contributed by atoms with Crippen LogP contribution in [0.2, 0.25) is 0 Å². The van der Waals surface area contributed by atoms with E-state index in [1.807, 2.05) is 6.92 Å². The lowest BCUT2D eigenvalue weighted by Crippen LogP contribution is -2.25. The molecule has 4 nitrogen and oxygen atoms in total. The molecular weight excluding hydrogens is 304 g/mol. The van der Waals surface area contributed by atoms with Crippen LogP contribution in [0.3, 0.4) is 0 Å². The van der Waals surface area contributed by atoms with Crippen LogP contribution < -0.4 is 10.2 Å². The third-order valence-corrected chi connectivity index (χ3v) is 4.77. The van der Waals surface area contributed by atoms with Crippen LogP contribution in [0.5, 0.6) is 5.95 Å². The molecule has 0 aliphatic carbocycles. The molecule has 0 saturated carbocycles. The monoisotopic (exact) mass is 338 g/mol. The minimum atomic E-state index is -0.728. The normalized spacial score (nSPS) is 13.8. The molecule has 1 rings (SSSR count). The Hall–Kier alpha value is -1.29. The molecule has 0 fully saturated rings. The van der Waals surface area contributed by atoms with Crippen molar-refractivity contribution < 1.29 is 14.3 Å². The summed E-state index contributed by atoms with van der Waals surface area (Å²) in [6, 6.07) is 0. The molecule has 0 amide bonds. The standard InChI is InChI=1S/C20H34O4/c1-6-7-8-9-10-11-13-20(4,22)14-12-17-15(2)18(21)16(3)19(23-5)24-17/h22H,6-14H2,1-5H3/t20-/m0/s1. The van der Waals surface area contributed by atoms with Crippen molar-refractivity contribution in [1.29, 1.82) is 0 Å². The minimum absolute atomic E-state index is 0.0383. The Morgan fingerprint density at radius 1 is 1.04 bits per heavy atom. The fraction of sp³-hybridized carbons (Fsp3) is 0.750. The third kappa shape index (κ3) is 6.31. The molecule has 1 N–H and O–H groups in total. The molecule has 0 saturated heterocycles. The van der Waals surface area contributed by atoms with Gasteiger partial charge < -0.3 is 14.3 Å². The summed E-state index contributed by atoms with van der Waals surface area (Å²) in [4.78, 5) is 12.2. The highest BCUT2D eigenvalue weighted by molar-refractivity contribution is 5.29. The van der Waals surface area contributed by atoms with Gasteiger partial charge in [0, 0.05) is 12.0 Å². The second-order valence-electron chi connectivity index (χ2n) is 7.11. The molecule has 1 aromatic rings. The molecule has 1 heterocycles. The molecule has 1 atom stereocenters. The average molecular weight is 338 g/mol. The lowest BCUT2D eigenvalue weighted by atomic mass is 9.91. The van der Waals surface area contributed by atoms with Crippen LogP contribution in [0.25, 0.3) is 0 Å². The number of rotatable bonds is 11. The highest BCUT2D eigenvalue weighted by Gasteiger charge is 2.22.